The van der Waals surface area contributed by atoms with Gasteiger partial charge in [-0.1, -0.05) is 20.8 Å². The van der Waals surface area contributed by atoms with E-state index in [-0.39, 0.29) is 0 Å². The van der Waals surface area contributed by atoms with Crippen molar-refractivity contribution in [3.63, 3.8) is 0 Å². The van der Waals surface area contributed by atoms with Gasteiger partial charge < -0.3 is 0 Å². The zero-order chi connectivity index (χ0) is 8.43. The molecule has 0 N–H and O–H groups in total. The average Bonchev–Trinajstić information content (AvgIpc) is 1.85. The van der Waals surface area contributed by atoms with Crippen LogP contribution in [0.5, 0.6) is 0 Å². The van der Waals surface area contributed by atoms with Crippen LogP contribution in [0.15, 0.2) is 0 Å². The van der Waals surface area contributed by atoms with Crippen molar-refractivity contribution in [1.29, 1.82) is 0 Å². The van der Waals surface area contributed by atoms with Crippen LogP contribution < -0.4 is 0 Å². The minimum absolute atomic E-state index is 0.467. The quantitative estimate of drug-likeness (QED) is 0.567. The molecule has 2 atom stereocenters. The van der Waals surface area contributed by atoms with Gasteiger partial charge in [-0.2, -0.15) is 0 Å². The first-order valence-electron chi connectivity index (χ1n) is 4.63. The topological polar surface area (TPSA) is 17.1 Å². The molecule has 0 radical (unpaired) electrons. The van der Waals surface area contributed by atoms with Crippen LogP contribution >= 0.6 is 0 Å². The Morgan fingerprint density at radius 1 is 1.45 bits per heavy atom. The fraction of sp³-hybridized carbons (Fsp3) is 0.900. The van der Waals surface area contributed by atoms with E-state index in [9.17, 15) is 4.79 Å². The summed E-state index contributed by atoms with van der Waals surface area (Å²) in [5, 5.41) is 0. The zero-order valence-electron chi connectivity index (χ0n) is 7.76. The molecule has 1 fully saturated rings. The Hall–Kier alpha value is -0.330. The second kappa shape index (κ2) is 3.38. The van der Waals surface area contributed by atoms with Crippen molar-refractivity contribution in [2.24, 2.45) is 17.8 Å². The second-order valence-electron chi connectivity index (χ2n) is 4.17. The van der Waals surface area contributed by atoms with E-state index in [1.807, 2.05) is 0 Å². The van der Waals surface area contributed by atoms with Gasteiger partial charge in [-0.05, 0) is 24.2 Å². The van der Waals surface area contributed by atoms with Crippen LogP contribution in [0.2, 0.25) is 0 Å². The Bertz CT molecular complexity index is 149. The summed E-state index contributed by atoms with van der Waals surface area (Å²) in [6.45, 7) is 6.73. The molecular weight excluding hydrogens is 136 g/mol. The van der Waals surface area contributed by atoms with Crippen molar-refractivity contribution in [1.82, 2.24) is 0 Å². The molecule has 1 saturated carbocycles. The van der Waals surface area contributed by atoms with Crippen molar-refractivity contribution in [2.45, 2.75) is 40.0 Å². The number of ketones is 1. The minimum Gasteiger partial charge on any atom is -0.300 e. The van der Waals surface area contributed by atoms with Crippen LogP contribution in [0.3, 0.4) is 0 Å². The lowest BCUT2D eigenvalue weighted by Gasteiger charge is -2.30. The molecule has 64 valence electrons. The van der Waals surface area contributed by atoms with E-state index < -0.39 is 0 Å². The Kier molecular flexibility index (Phi) is 2.69. The maximum absolute atomic E-state index is 11.0. The molecule has 0 heterocycles. The third-order valence-corrected chi connectivity index (χ3v) is 2.89. The van der Waals surface area contributed by atoms with Crippen molar-refractivity contribution in [3.8, 4) is 0 Å². The first-order valence-corrected chi connectivity index (χ1v) is 4.63. The highest BCUT2D eigenvalue weighted by molar-refractivity contribution is 5.79. The molecule has 0 bridgehead atoms. The molecule has 1 heteroatoms. The third kappa shape index (κ3) is 2.05. The summed E-state index contributed by atoms with van der Waals surface area (Å²) in [4.78, 5) is 11.0. The van der Waals surface area contributed by atoms with Gasteiger partial charge in [0.2, 0.25) is 0 Å². The van der Waals surface area contributed by atoms with Crippen LogP contribution in [0.1, 0.15) is 40.0 Å². The van der Waals surface area contributed by atoms with Crippen molar-refractivity contribution in [2.75, 3.05) is 0 Å². The van der Waals surface area contributed by atoms with Crippen LogP contribution in [0, 0.1) is 17.8 Å². The molecule has 0 spiro atoms. The highest BCUT2D eigenvalue weighted by atomic mass is 16.1. The second-order valence-corrected chi connectivity index (χ2v) is 4.17. The lowest BCUT2D eigenvalue weighted by atomic mass is 9.74. The van der Waals surface area contributed by atoms with Crippen molar-refractivity contribution < 1.29 is 4.79 Å². The Labute approximate surface area is 69.2 Å². The van der Waals surface area contributed by atoms with Gasteiger partial charge >= 0.3 is 0 Å². The predicted molar refractivity (Wildman–Crippen MR) is 46.4 cm³/mol. The Morgan fingerprint density at radius 3 is 2.55 bits per heavy atom. The van der Waals surface area contributed by atoms with E-state index in [2.05, 4.69) is 20.8 Å². The van der Waals surface area contributed by atoms with E-state index >= 15 is 0 Å². The molecule has 1 aliphatic carbocycles. The van der Waals surface area contributed by atoms with E-state index in [1.54, 1.807) is 0 Å². The summed E-state index contributed by atoms with van der Waals surface area (Å²) in [5.74, 6) is 2.62. The summed E-state index contributed by atoms with van der Waals surface area (Å²) in [5.41, 5.74) is 0. The highest BCUT2D eigenvalue weighted by Gasteiger charge is 2.27. The molecular formula is C10H18O. The Morgan fingerprint density at radius 2 is 2.09 bits per heavy atom. The molecule has 11 heavy (non-hydrogen) atoms. The number of hydrogen-bond donors (Lipinski definition) is 0. The normalized spacial score (nSPS) is 32.9. The number of carbonyl (C=O) groups excluding carboxylic acids is 1. The molecule has 0 amide bonds. The zero-order valence-corrected chi connectivity index (χ0v) is 7.76. The molecule has 1 nitrogen and oxygen atoms in total. The molecule has 0 aromatic rings. The van der Waals surface area contributed by atoms with Crippen LogP contribution in [-0.4, -0.2) is 5.78 Å². The number of hydrogen-bond acceptors (Lipinski definition) is 1. The number of Topliss-reactive ketones (excluding diaryl/α,β-unsaturated/α-hetero) is 1. The first kappa shape index (κ1) is 8.76. The van der Waals surface area contributed by atoms with Crippen LogP contribution in [-0.2, 0) is 4.79 Å². The Balaban J connectivity index is 2.50. The van der Waals surface area contributed by atoms with E-state index in [0.717, 1.165) is 31.1 Å². The maximum atomic E-state index is 11.0. The lowest BCUT2D eigenvalue weighted by molar-refractivity contribution is -0.122. The molecule has 1 rings (SSSR count). The summed E-state index contributed by atoms with van der Waals surface area (Å²) in [6.07, 6.45) is 2.77. The molecule has 0 aromatic carbocycles. The molecule has 0 saturated heterocycles. The highest BCUT2D eigenvalue weighted by Crippen LogP contribution is 2.32. The van der Waals surface area contributed by atoms with Gasteiger partial charge in [-0.25, -0.2) is 0 Å². The average molecular weight is 154 g/mol. The summed E-state index contributed by atoms with van der Waals surface area (Å²) >= 11 is 0. The minimum atomic E-state index is 0.467. The van der Waals surface area contributed by atoms with Crippen LogP contribution in [0.25, 0.3) is 0 Å². The van der Waals surface area contributed by atoms with Gasteiger partial charge in [-0.15, -0.1) is 0 Å². The SMILES string of the molecule is CC(C)[C@H]1CCC(=O)C[C@@H]1C. The van der Waals surface area contributed by atoms with E-state index in [0.29, 0.717) is 11.7 Å². The smallest absolute Gasteiger partial charge is 0.133 e. The molecule has 0 aromatic heterocycles. The van der Waals surface area contributed by atoms with E-state index in [1.165, 1.54) is 0 Å². The molecule has 0 unspecified atom stereocenters. The van der Waals surface area contributed by atoms with Gasteiger partial charge in [0.25, 0.3) is 0 Å². The molecule has 1 aliphatic rings. The van der Waals surface area contributed by atoms with Crippen molar-refractivity contribution >= 4 is 5.78 Å². The monoisotopic (exact) mass is 154 g/mol. The molecule has 0 aliphatic heterocycles. The van der Waals surface area contributed by atoms with Crippen molar-refractivity contribution in [3.05, 3.63) is 0 Å². The van der Waals surface area contributed by atoms with Gasteiger partial charge in [-0.3, -0.25) is 4.79 Å². The lowest BCUT2D eigenvalue weighted by Crippen LogP contribution is -2.26. The standard InChI is InChI=1S/C10H18O/c1-7(2)10-5-4-9(11)6-8(10)3/h7-8,10H,4-6H2,1-3H3/t8-,10+/m0/s1. The summed E-state index contributed by atoms with van der Waals surface area (Å²) < 4.78 is 0. The largest absolute Gasteiger partial charge is 0.300 e. The third-order valence-electron chi connectivity index (χ3n) is 2.89. The number of carbonyl (C=O) groups is 1. The summed E-state index contributed by atoms with van der Waals surface area (Å²) in [7, 11) is 0. The van der Waals surface area contributed by atoms with Gasteiger partial charge in [0.05, 0.1) is 0 Å². The fourth-order valence-corrected chi connectivity index (χ4v) is 2.22. The van der Waals surface area contributed by atoms with Gasteiger partial charge in [0.1, 0.15) is 5.78 Å². The number of rotatable bonds is 1. The predicted octanol–water partition coefficient (Wildman–Crippen LogP) is 2.65. The van der Waals surface area contributed by atoms with Gasteiger partial charge in [0.15, 0.2) is 0 Å². The fourth-order valence-electron chi connectivity index (χ4n) is 2.22. The maximum Gasteiger partial charge on any atom is 0.133 e. The first-order chi connectivity index (χ1) is 5.11. The van der Waals surface area contributed by atoms with E-state index in [4.69, 9.17) is 0 Å². The summed E-state index contributed by atoms with van der Waals surface area (Å²) in [6, 6.07) is 0. The van der Waals surface area contributed by atoms with Crippen LogP contribution in [0.4, 0.5) is 0 Å². The van der Waals surface area contributed by atoms with Gasteiger partial charge in [0, 0.05) is 12.8 Å².